The molecule has 0 bridgehead atoms. The normalized spacial score (nSPS) is 10.4. The molecule has 0 saturated heterocycles. The second-order valence-electron chi connectivity index (χ2n) is 3.40. The van der Waals surface area contributed by atoms with Gasteiger partial charge in [-0.2, -0.15) is 0 Å². The summed E-state index contributed by atoms with van der Waals surface area (Å²) in [6.45, 7) is 0. The smallest absolute Gasteiger partial charge is 0.125 e. The van der Waals surface area contributed by atoms with E-state index in [0.29, 0.717) is 16.1 Å². The van der Waals surface area contributed by atoms with Crippen LogP contribution in [0.2, 0.25) is 5.02 Å². The maximum absolute atomic E-state index is 13.1. The van der Waals surface area contributed by atoms with Crippen molar-refractivity contribution in [1.29, 1.82) is 0 Å². The molecule has 4 heteroatoms. The van der Waals surface area contributed by atoms with Gasteiger partial charge in [-0.1, -0.05) is 11.6 Å². The number of hydrogen-bond donors (Lipinski definition) is 1. The number of anilines is 1. The molecule has 0 spiro atoms. The van der Waals surface area contributed by atoms with Crippen molar-refractivity contribution in [2.45, 2.75) is 0 Å². The van der Waals surface area contributed by atoms with Gasteiger partial charge in [-0.25, -0.2) is 8.78 Å². The van der Waals surface area contributed by atoms with Crippen LogP contribution >= 0.6 is 11.6 Å². The summed E-state index contributed by atoms with van der Waals surface area (Å²) in [5.74, 6) is -0.905. The Labute approximate surface area is 96.5 Å². The van der Waals surface area contributed by atoms with Crippen molar-refractivity contribution in [2.24, 2.45) is 0 Å². The average molecular weight is 240 g/mol. The second-order valence-corrected chi connectivity index (χ2v) is 3.80. The molecule has 0 saturated carbocycles. The lowest BCUT2D eigenvalue weighted by atomic mass is 10.0. The maximum Gasteiger partial charge on any atom is 0.125 e. The van der Waals surface area contributed by atoms with E-state index in [1.165, 1.54) is 30.3 Å². The Hall–Kier alpha value is -1.61. The van der Waals surface area contributed by atoms with Crippen LogP contribution in [0, 0.1) is 11.6 Å². The van der Waals surface area contributed by atoms with E-state index in [2.05, 4.69) is 0 Å². The number of benzene rings is 2. The van der Waals surface area contributed by atoms with Gasteiger partial charge in [0.2, 0.25) is 0 Å². The van der Waals surface area contributed by atoms with Crippen LogP contribution in [0.3, 0.4) is 0 Å². The Morgan fingerprint density at radius 2 is 1.69 bits per heavy atom. The summed E-state index contributed by atoms with van der Waals surface area (Å²) in [7, 11) is 0. The first-order valence-corrected chi connectivity index (χ1v) is 4.95. The fraction of sp³-hybridized carbons (Fsp3) is 0. The first-order chi connectivity index (χ1) is 7.56. The van der Waals surface area contributed by atoms with E-state index in [1.54, 1.807) is 6.07 Å². The molecule has 0 unspecified atom stereocenters. The minimum atomic E-state index is -0.477. The fourth-order valence-electron chi connectivity index (χ4n) is 1.49. The van der Waals surface area contributed by atoms with Crippen LogP contribution in [-0.4, -0.2) is 0 Å². The summed E-state index contributed by atoms with van der Waals surface area (Å²) >= 11 is 5.91. The summed E-state index contributed by atoms with van der Waals surface area (Å²) in [5, 5.41) is 0.353. The molecule has 2 aromatic rings. The third kappa shape index (κ3) is 2.14. The van der Waals surface area contributed by atoms with Gasteiger partial charge in [-0.15, -0.1) is 0 Å². The summed E-state index contributed by atoms with van der Waals surface area (Å²) < 4.78 is 26.2. The van der Waals surface area contributed by atoms with Gasteiger partial charge < -0.3 is 5.73 Å². The van der Waals surface area contributed by atoms with Crippen LogP contribution in [0.25, 0.3) is 11.1 Å². The van der Waals surface area contributed by atoms with Crippen LogP contribution in [0.1, 0.15) is 0 Å². The Bertz CT molecular complexity index is 520. The lowest BCUT2D eigenvalue weighted by Gasteiger charge is -2.06. The van der Waals surface area contributed by atoms with Crippen molar-refractivity contribution >= 4 is 17.3 Å². The van der Waals surface area contributed by atoms with Crippen molar-refractivity contribution < 1.29 is 8.78 Å². The molecule has 0 amide bonds. The zero-order valence-electron chi connectivity index (χ0n) is 8.18. The summed E-state index contributed by atoms with van der Waals surface area (Å²) in [6.07, 6.45) is 0. The molecule has 0 fully saturated rings. The van der Waals surface area contributed by atoms with Gasteiger partial charge in [-0.05, 0) is 42.0 Å². The van der Waals surface area contributed by atoms with Gasteiger partial charge in [0.05, 0.1) is 0 Å². The van der Waals surface area contributed by atoms with Crippen molar-refractivity contribution in [3.8, 4) is 11.1 Å². The predicted octanol–water partition coefficient (Wildman–Crippen LogP) is 3.87. The zero-order chi connectivity index (χ0) is 11.7. The van der Waals surface area contributed by atoms with Crippen molar-refractivity contribution in [2.75, 3.05) is 5.73 Å². The van der Waals surface area contributed by atoms with Gasteiger partial charge in [0.25, 0.3) is 0 Å². The van der Waals surface area contributed by atoms with E-state index in [1.807, 2.05) is 0 Å². The van der Waals surface area contributed by atoms with Gasteiger partial charge in [0, 0.05) is 16.3 Å². The third-order valence-electron chi connectivity index (χ3n) is 2.16. The minimum Gasteiger partial charge on any atom is -0.399 e. The first kappa shape index (κ1) is 10.9. The molecule has 82 valence electrons. The van der Waals surface area contributed by atoms with Crippen molar-refractivity contribution in [3.63, 3.8) is 0 Å². The lowest BCUT2D eigenvalue weighted by molar-refractivity contribution is 0.626. The van der Waals surface area contributed by atoms with Crippen LogP contribution < -0.4 is 5.73 Å². The molecule has 2 rings (SSSR count). The second kappa shape index (κ2) is 4.10. The predicted molar refractivity (Wildman–Crippen MR) is 61.2 cm³/mol. The van der Waals surface area contributed by atoms with Crippen LogP contribution in [0.4, 0.5) is 14.5 Å². The maximum atomic E-state index is 13.1. The Kier molecular flexibility index (Phi) is 2.79. The zero-order valence-corrected chi connectivity index (χ0v) is 8.93. The van der Waals surface area contributed by atoms with E-state index in [4.69, 9.17) is 17.3 Å². The number of halogens is 3. The number of nitrogen functional groups attached to an aromatic ring is 1. The molecule has 0 aliphatic heterocycles. The van der Waals surface area contributed by atoms with Crippen LogP contribution in [0.5, 0.6) is 0 Å². The monoisotopic (exact) mass is 239 g/mol. The van der Waals surface area contributed by atoms with Crippen LogP contribution in [-0.2, 0) is 0 Å². The molecule has 0 atom stereocenters. The number of nitrogens with two attached hydrogens (primary N) is 1. The van der Waals surface area contributed by atoms with Crippen LogP contribution in [0.15, 0.2) is 36.4 Å². The Morgan fingerprint density at radius 1 is 0.938 bits per heavy atom. The molecular formula is C12H8ClF2N. The summed E-state index contributed by atoms with van der Waals surface area (Å²) in [5.41, 5.74) is 6.67. The molecular weight excluding hydrogens is 232 g/mol. The molecule has 0 radical (unpaired) electrons. The standard InChI is InChI=1S/C12H8ClF2N/c13-12-2-1-8(14)6-11(12)7-3-9(15)5-10(16)4-7/h1-6H,16H2. The molecule has 2 N–H and O–H groups in total. The van der Waals surface area contributed by atoms with Gasteiger partial charge >= 0.3 is 0 Å². The first-order valence-electron chi connectivity index (χ1n) is 4.58. The largest absolute Gasteiger partial charge is 0.399 e. The van der Waals surface area contributed by atoms with E-state index in [-0.39, 0.29) is 5.69 Å². The molecule has 0 aliphatic carbocycles. The quantitative estimate of drug-likeness (QED) is 0.751. The number of hydrogen-bond acceptors (Lipinski definition) is 1. The highest BCUT2D eigenvalue weighted by molar-refractivity contribution is 6.33. The molecule has 0 aromatic heterocycles. The summed E-state index contributed by atoms with van der Waals surface area (Å²) in [6, 6.07) is 7.91. The topological polar surface area (TPSA) is 26.0 Å². The molecule has 16 heavy (non-hydrogen) atoms. The van der Waals surface area contributed by atoms with E-state index >= 15 is 0 Å². The Balaban J connectivity index is 2.62. The SMILES string of the molecule is Nc1cc(F)cc(-c2cc(F)ccc2Cl)c1. The molecule has 1 nitrogen and oxygen atoms in total. The highest BCUT2D eigenvalue weighted by Crippen LogP contribution is 2.30. The van der Waals surface area contributed by atoms with Gasteiger partial charge in [0.15, 0.2) is 0 Å². The van der Waals surface area contributed by atoms with E-state index in [9.17, 15) is 8.78 Å². The van der Waals surface area contributed by atoms with E-state index in [0.717, 1.165) is 0 Å². The molecule has 0 aliphatic rings. The summed E-state index contributed by atoms with van der Waals surface area (Å²) in [4.78, 5) is 0. The van der Waals surface area contributed by atoms with Gasteiger partial charge in [0.1, 0.15) is 11.6 Å². The molecule has 2 aromatic carbocycles. The highest BCUT2D eigenvalue weighted by atomic mass is 35.5. The van der Waals surface area contributed by atoms with Crippen molar-refractivity contribution in [3.05, 3.63) is 53.1 Å². The third-order valence-corrected chi connectivity index (χ3v) is 2.49. The number of rotatable bonds is 1. The Morgan fingerprint density at radius 3 is 2.38 bits per heavy atom. The minimum absolute atomic E-state index is 0.273. The van der Waals surface area contributed by atoms with Crippen molar-refractivity contribution in [1.82, 2.24) is 0 Å². The fourth-order valence-corrected chi connectivity index (χ4v) is 1.71. The highest BCUT2D eigenvalue weighted by Gasteiger charge is 2.07. The average Bonchev–Trinajstić information content (AvgIpc) is 2.20. The van der Waals surface area contributed by atoms with Gasteiger partial charge in [-0.3, -0.25) is 0 Å². The van der Waals surface area contributed by atoms with E-state index < -0.39 is 11.6 Å². The molecule has 0 heterocycles. The lowest BCUT2D eigenvalue weighted by Crippen LogP contribution is -1.89.